The number of amidine groups is 1. The highest BCUT2D eigenvalue weighted by Crippen LogP contribution is 2.17. The predicted octanol–water partition coefficient (Wildman–Crippen LogP) is 2.01. The summed E-state index contributed by atoms with van der Waals surface area (Å²) in [5.41, 5.74) is 0.917. The molecule has 18 heavy (non-hydrogen) atoms. The van der Waals surface area contributed by atoms with E-state index in [4.69, 9.17) is 16.8 Å². The van der Waals surface area contributed by atoms with E-state index in [9.17, 15) is 0 Å². The molecule has 3 N–H and O–H groups in total. The molecule has 0 saturated carbocycles. The highest BCUT2D eigenvalue weighted by atomic mass is 35.5. The Balaban J connectivity index is 2.26. The summed E-state index contributed by atoms with van der Waals surface area (Å²) < 4.78 is 4.56. The van der Waals surface area contributed by atoms with Crippen molar-refractivity contribution in [2.75, 3.05) is 17.7 Å². The molecule has 0 aliphatic carbocycles. The van der Waals surface area contributed by atoms with Gasteiger partial charge in [0.1, 0.15) is 0 Å². The van der Waals surface area contributed by atoms with E-state index in [0.29, 0.717) is 16.5 Å². The first-order valence-electron chi connectivity index (χ1n) is 5.00. The van der Waals surface area contributed by atoms with Gasteiger partial charge in [0, 0.05) is 17.8 Å². The molecule has 0 aliphatic rings. The number of benzene rings is 1. The van der Waals surface area contributed by atoms with Crippen LogP contribution in [0.4, 0.5) is 11.5 Å². The summed E-state index contributed by atoms with van der Waals surface area (Å²) in [5.74, 6) is 0.459. The van der Waals surface area contributed by atoms with Crippen molar-refractivity contribution >= 4 is 28.9 Å². The van der Waals surface area contributed by atoms with E-state index in [1.54, 1.807) is 31.3 Å². The third-order valence-electron chi connectivity index (χ3n) is 2.14. The van der Waals surface area contributed by atoms with E-state index in [0.717, 1.165) is 0 Å². The number of hydrogen-bond donors (Lipinski definition) is 3. The molecule has 0 radical (unpaired) electrons. The molecule has 1 heterocycles. The van der Waals surface area contributed by atoms with Crippen molar-refractivity contribution in [3.63, 3.8) is 0 Å². The second kappa shape index (κ2) is 5.37. The Morgan fingerprint density at radius 3 is 2.94 bits per heavy atom. The Morgan fingerprint density at radius 1 is 1.44 bits per heavy atom. The number of nitrogens with zero attached hydrogens (tertiary/aromatic N) is 3. The molecule has 0 amide bonds. The van der Waals surface area contributed by atoms with Crippen molar-refractivity contribution in [3.8, 4) is 0 Å². The summed E-state index contributed by atoms with van der Waals surface area (Å²) in [5, 5.41) is 25.6. The van der Waals surface area contributed by atoms with Crippen molar-refractivity contribution in [3.05, 3.63) is 35.0 Å². The summed E-state index contributed by atoms with van der Waals surface area (Å²) in [7, 11) is 1.65. The minimum Gasteiger partial charge on any atom is -0.409 e. The lowest BCUT2D eigenvalue weighted by Gasteiger charge is -2.06. The Labute approximate surface area is 107 Å². The van der Waals surface area contributed by atoms with Gasteiger partial charge in [-0.15, -0.1) is 0 Å². The van der Waals surface area contributed by atoms with Crippen molar-refractivity contribution < 1.29 is 9.84 Å². The number of oxime groups is 1. The molecule has 2 rings (SSSR count). The molecule has 0 saturated heterocycles. The first-order valence-corrected chi connectivity index (χ1v) is 5.37. The number of anilines is 2. The van der Waals surface area contributed by atoms with Gasteiger partial charge >= 0.3 is 0 Å². The highest BCUT2D eigenvalue weighted by Gasteiger charge is 2.16. The summed E-state index contributed by atoms with van der Waals surface area (Å²) in [6, 6.07) is 6.95. The van der Waals surface area contributed by atoms with E-state index >= 15 is 0 Å². The average molecular weight is 268 g/mol. The number of hydrogen-bond acceptors (Lipinski definition) is 6. The van der Waals surface area contributed by atoms with Gasteiger partial charge in [-0.3, -0.25) is 0 Å². The molecule has 0 bridgehead atoms. The fraction of sp³-hybridized carbons (Fsp3) is 0.100. The summed E-state index contributed by atoms with van der Waals surface area (Å²) in [4.78, 5) is 0. The molecule has 0 aliphatic heterocycles. The topological polar surface area (TPSA) is 95.6 Å². The lowest BCUT2D eigenvalue weighted by Crippen LogP contribution is -2.15. The third kappa shape index (κ3) is 2.51. The maximum atomic E-state index is 9.00. The van der Waals surface area contributed by atoms with Gasteiger partial charge in [0.2, 0.25) is 11.7 Å². The fourth-order valence-corrected chi connectivity index (χ4v) is 1.53. The van der Waals surface area contributed by atoms with Crippen LogP contribution >= 0.6 is 11.6 Å². The lowest BCUT2D eigenvalue weighted by molar-refractivity contribution is 0.305. The molecule has 94 valence electrons. The van der Waals surface area contributed by atoms with Crippen molar-refractivity contribution in [1.82, 2.24) is 10.3 Å². The quantitative estimate of drug-likeness (QED) is 0.341. The van der Waals surface area contributed by atoms with E-state index in [1.807, 2.05) is 0 Å². The van der Waals surface area contributed by atoms with Gasteiger partial charge < -0.3 is 15.8 Å². The Bertz CT molecular complexity index is 569. The van der Waals surface area contributed by atoms with Gasteiger partial charge in [-0.05, 0) is 28.5 Å². The smallest absolute Gasteiger partial charge is 0.203 e. The zero-order valence-corrected chi connectivity index (χ0v) is 10.1. The number of rotatable bonds is 3. The lowest BCUT2D eigenvalue weighted by atomic mass is 10.3. The zero-order chi connectivity index (χ0) is 13.0. The SMILES string of the molecule is CNc1nonc1/C(=N/O)Nc1cccc(Cl)c1. The highest BCUT2D eigenvalue weighted by molar-refractivity contribution is 6.31. The number of halogens is 1. The van der Waals surface area contributed by atoms with Crippen LogP contribution in [0.2, 0.25) is 5.02 Å². The minimum atomic E-state index is 0.0999. The third-order valence-corrected chi connectivity index (χ3v) is 2.37. The fourth-order valence-electron chi connectivity index (χ4n) is 1.34. The maximum absolute atomic E-state index is 9.00. The van der Waals surface area contributed by atoms with Gasteiger partial charge in [0.15, 0.2) is 5.69 Å². The maximum Gasteiger partial charge on any atom is 0.203 e. The van der Waals surface area contributed by atoms with Gasteiger partial charge in [0.05, 0.1) is 0 Å². The van der Waals surface area contributed by atoms with Crippen LogP contribution in [0, 0.1) is 0 Å². The predicted molar refractivity (Wildman–Crippen MR) is 67.2 cm³/mol. The first kappa shape index (κ1) is 12.2. The van der Waals surface area contributed by atoms with Crippen molar-refractivity contribution in [2.45, 2.75) is 0 Å². The van der Waals surface area contributed by atoms with E-state index in [2.05, 4.69) is 30.7 Å². The zero-order valence-electron chi connectivity index (χ0n) is 9.38. The normalized spacial score (nSPS) is 11.3. The summed E-state index contributed by atoms with van der Waals surface area (Å²) in [6.45, 7) is 0. The molecule has 0 spiro atoms. The Hall–Kier alpha value is -2.28. The second-order valence-electron chi connectivity index (χ2n) is 3.30. The standard InChI is InChI=1S/C10H10ClN5O2/c1-12-9-8(15-18-16-9)10(14-17)13-7-4-2-3-6(11)5-7/h2-5,17H,1H3,(H,12,16)(H,13,14). The molecular weight excluding hydrogens is 258 g/mol. The van der Waals surface area contributed by atoms with E-state index in [1.165, 1.54) is 0 Å². The van der Waals surface area contributed by atoms with Crippen LogP contribution in [0.25, 0.3) is 0 Å². The van der Waals surface area contributed by atoms with Crippen molar-refractivity contribution in [2.24, 2.45) is 5.16 Å². The van der Waals surface area contributed by atoms with Gasteiger partial charge in [0.25, 0.3) is 0 Å². The van der Waals surface area contributed by atoms with Gasteiger partial charge in [-0.25, -0.2) is 4.63 Å². The van der Waals surface area contributed by atoms with Crippen molar-refractivity contribution in [1.29, 1.82) is 0 Å². The number of nitrogens with one attached hydrogen (secondary N) is 2. The second-order valence-corrected chi connectivity index (χ2v) is 3.73. The van der Waals surface area contributed by atoms with Crippen LogP contribution < -0.4 is 10.6 Å². The van der Waals surface area contributed by atoms with Crippen LogP contribution in [0.5, 0.6) is 0 Å². The average Bonchev–Trinajstić information content (AvgIpc) is 2.84. The van der Waals surface area contributed by atoms with Crippen LogP contribution in [0.1, 0.15) is 5.69 Å². The Morgan fingerprint density at radius 2 is 2.28 bits per heavy atom. The van der Waals surface area contributed by atoms with Crippen LogP contribution in [0.15, 0.2) is 34.1 Å². The molecule has 2 aromatic rings. The van der Waals surface area contributed by atoms with Gasteiger partial charge in [-0.2, -0.15) is 0 Å². The first-order chi connectivity index (χ1) is 8.74. The van der Waals surface area contributed by atoms with Crippen LogP contribution in [-0.4, -0.2) is 28.4 Å². The molecule has 8 heteroatoms. The van der Waals surface area contributed by atoms with Crippen LogP contribution in [-0.2, 0) is 0 Å². The molecule has 1 aromatic carbocycles. The largest absolute Gasteiger partial charge is 0.409 e. The minimum absolute atomic E-state index is 0.0999. The Kier molecular flexibility index (Phi) is 3.63. The van der Waals surface area contributed by atoms with E-state index in [-0.39, 0.29) is 11.5 Å². The molecule has 7 nitrogen and oxygen atoms in total. The molecule has 1 aromatic heterocycles. The number of aromatic nitrogens is 2. The molecule has 0 unspecified atom stereocenters. The summed E-state index contributed by atoms with van der Waals surface area (Å²) >= 11 is 5.85. The summed E-state index contributed by atoms with van der Waals surface area (Å²) in [6.07, 6.45) is 0. The van der Waals surface area contributed by atoms with Gasteiger partial charge in [-0.1, -0.05) is 22.8 Å². The monoisotopic (exact) mass is 267 g/mol. The van der Waals surface area contributed by atoms with Crippen LogP contribution in [0.3, 0.4) is 0 Å². The molecule has 0 fully saturated rings. The van der Waals surface area contributed by atoms with E-state index < -0.39 is 0 Å². The molecular formula is C10H10ClN5O2. The molecule has 0 atom stereocenters.